The van der Waals surface area contributed by atoms with Crippen LogP contribution in [0.1, 0.15) is 78.2 Å². The fourth-order valence-corrected chi connectivity index (χ4v) is 4.50. The Kier molecular flexibility index (Phi) is 11.7. The molecule has 2 atom stereocenters. The molecular weight excluding hydrogens is 464 g/mol. The molecule has 0 bridgehead atoms. The average Bonchev–Trinajstić information content (AvgIpc) is 2.90. The van der Waals surface area contributed by atoms with Crippen LogP contribution in [0.4, 0.5) is 0 Å². The fraction of sp³-hybridized carbons (Fsp3) is 0.500. The number of unbranched alkanes of at least 4 members (excludes halogenated alkanes) is 3. The van der Waals surface area contributed by atoms with Crippen LogP contribution in [-0.2, 0) is 6.42 Å². The Labute approximate surface area is 223 Å². The Morgan fingerprint density at radius 1 is 0.750 bits per heavy atom. The first kappa shape index (κ1) is 28.2. The lowest BCUT2D eigenvalue weighted by Crippen LogP contribution is -2.20. The topological polar surface area (TPSA) is 35.0 Å². The molecule has 0 aliphatic heterocycles. The Balaban J connectivity index is 1.49. The minimum absolute atomic E-state index is 0.0294. The molecule has 0 aliphatic rings. The summed E-state index contributed by atoms with van der Waals surface area (Å²) in [6.07, 6.45) is 13.7. The second-order valence-electron chi connectivity index (χ2n) is 10.5. The third kappa shape index (κ3) is 9.24. The van der Waals surface area contributed by atoms with Crippen LogP contribution in [0.15, 0.2) is 60.9 Å². The van der Waals surface area contributed by atoms with E-state index in [4.69, 9.17) is 16.3 Å². The van der Waals surface area contributed by atoms with Gasteiger partial charge in [0.05, 0.1) is 5.38 Å². The van der Waals surface area contributed by atoms with Crippen LogP contribution in [0, 0.1) is 11.8 Å². The first-order valence-corrected chi connectivity index (χ1v) is 14.2. The molecule has 0 saturated heterocycles. The molecule has 1 aromatic heterocycles. The van der Waals surface area contributed by atoms with E-state index < -0.39 is 0 Å². The van der Waals surface area contributed by atoms with Crippen molar-refractivity contribution >= 4 is 11.6 Å². The molecule has 0 N–H and O–H groups in total. The lowest BCUT2D eigenvalue weighted by molar-refractivity contribution is 0.280. The first-order chi connectivity index (χ1) is 17.5. The maximum absolute atomic E-state index is 6.60. The van der Waals surface area contributed by atoms with E-state index in [-0.39, 0.29) is 5.38 Å². The van der Waals surface area contributed by atoms with Gasteiger partial charge in [-0.2, -0.15) is 0 Å². The lowest BCUT2D eigenvalue weighted by Gasteiger charge is -2.19. The number of halogens is 1. The summed E-state index contributed by atoms with van der Waals surface area (Å²) in [5.74, 6) is 2.84. The molecule has 3 nitrogen and oxygen atoms in total. The van der Waals surface area contributed by atoms with Gasteiger partial charge < -0.3 is 4.74 Å². The van der Waals surface area contributed by atoms with Crippen molar-refractivity contribution in [3.05, 3.63) is 66.5 Å². The third-order valence-corrected chi connectivity index (χ3v) is 7.38. The van der Waals surface area contributed by atoms with Crippen molar-refractivity contribution in [3.63, 3.8) is 0 Å². The molecule has 3 rings (SSSR count). The maximum Gasteiger partial charge on any atom is 0.159 e. The highest BCUT2D eigenvalue weighted by molar-refractivity contribution is 6.20. The van der Waals surface area contributed by atoms with E-state index in [1.54, 1.807) is 0 Å². The molecule has 4 heteroatoms. The van der Waals surface area contributed by atoms with Gasteiger partial charge in [0.2, 0.25) is 0 Å². The van der Waals surface area contributed by atoms with Crippen LogP contribution in [0.5, 0.6) is 5.75 Å². The van der Waals surface area contributed by atoms with Crippen LogP contribution >= 0.6 is 11.6 Å². The van der Waals surface area contributed by atoms with Gasteiger partial charge in [0.15, 0.2) is 5.82 Å². The second kappa shape index (κ2) is 15.0. The van der Waals surface area contributed by atoms with Gasteiger partial charge in [-0.1, -0.05) is 96.2 Å². The van der Waals surface area contributed by atoms with E-state index in [2.05, 4.69) is 74.1 Å². The van der Waals surface area contributed by atoms with E-state index in [1.165, 1.54) is 44.1 Å². The summed E-state index contributed by atoms with van der Waals surface area (Å²) in [7, 11) is 0. The van der Waals surface area contributed by atoms with Crippen molar-refractivity contribution in [3.8, 4) is 28.3 Å². The zero-order valence-corrected chi connectivity index (χ0v) is 23.3. The van der Waals surface area contributed by atoms with Gasteiger partial charge in [0, 0.05) is 18.0 Å². The number of aromatic nitrogens is 2. The second-order valence-corrected chi connectivity index (χ2v) is 11.0. The molecule has 0 saturated carbocycles. The minimum Gasteiger partial charge on any atom is -0.492 e. The van der Waals surface area contributed by atoms with Gasteiger partial charge in [-0.05, 0) is 59.9 Å². The van der Waals surface area contributed by atoms with Gasteiger partial charge in [0.25, 0.3) is 0 Å². The Hall–Kier alpha value is -2.39. The standard InChI is InChI=1S/C32H43ClN2O/c1-5-6-7-8-12-26-21-34-32(35-22-26)29-15-13-27(14-16-29)28-17-19-30(20-18-28)36-23-31(33)25(4)11-9-10-24(2)3/h13-22,24-25,31H,5-12,23H2,1-4H3. The minimum atomic E-state index is 0.0294. The van der Waals surface area contributed by atoms with Gasteiger partial charge in [0.1, 0.15) is 12.4 Å². The van der Waals surface area contributed by atoms with Gasteiger partial charge >= 0.3 is 0 Å². The SMILES string of the molecule is CCCCCCc1cnc(-c2ccc(-c3ccc(OCC(Cl)C(C)CCCC(C)C)cc3)cc2)nc1. The molecule has 2 unspecified atom stereocenters. The maximum atomic E-state index is 6.60. The molecular formula is C32H43ClN2O. The molecule has 0 spiro atoms. The number of ether oxygens (including phenoxy) is 1. The Morgan fingerprint density at radius 2 is 1.36 bits per heavy atom. The van der Waals surface area contributed by atoms with E-state index >= 15 is 0 Å². The zero-order valence-electron chi connectivity index (χ0n) is 22.6. The average molecular weight is 507 g/mol. The summed E-state index contributed by atoms with van der Waals surface area (Å²) in [4.78, 5) is 9.19. The lowest BCUT2D eigenvalue weighted by atomic mass is 9.97. The first-order valence-electron chi connectivity index (χ1n) is 13.7. The molecule has 2 aromatic carbocycles. The molecule has 36 heavy (non-hydrogen) atoms. The van der Waals surface area contributed by atoms with Crippen LogP contribution in [0.25, 0.3) is 22.5 Å². The summed E-state index contributed by atoms with van der Waals surface area (Å²) < 4.78 is 5.98. The monoisotopic (exact) mass is 506 g/mol. The van der Waals surface area contributed by atoms with Crippen LogP contribution in [-0.4, -0.2) is 22.0 Å². The molecule has 3 aromatic rings. The molecule has 0 aliphatic carbocycles. The highest BCUT2D eigenvalue weighted by atomic mass is 35.5. The highest BCUT2D eigenvalue weighted by Crippen LogP contribution is 2.26. The van der Waals surface area contributed by atoms with E-state index in [1.807, 2.05) is 24.5 Å². The Bertz CT molecular complexity index is 1000. The number of hydrogen-bond acceptors (Lipinski definition) is 3. The van der Waals surface area contributed by atoms with Crippen LogP contribution in [0.2, 0.25) is 0 Å². The number of alkyl halides is 1. The van der Waals surface area contributed by atoms with E-state index in [0.29, 0.717) is 12.5 Å². The van der Waals surface area contributed by atoms with Crippen LogP contribution < -0.4 is 4.74 Å². The summed E-state index contributed by atoms with van der Waals surface area (Å²) in [6.45, 7) is 9.54. The number of rotatable bonds is 15. The predicted molar refractivity (Wildman–Crippen MR) is 154 cm³/mol. The molecule has 194 valence electrons. The molecule has 0 fully saturated rings. The van der Waals surface area contributed by atoms with Crippen molar-refractivity contribution in [1.82, 2.24) is 9.97 Å². The predicted octanol–water partition coefficient (Wildman–Crippen LogP) is 9.38. The quantitative estimate of drug-likeness (QED) is 0.152. The third-order valence-electron chi connectivity index (χ3n) is 6.82. The largest absolute Gasteiger partial charge is 0.492 e. The molecule has 0 amide bonds. The van der Waals surface area contributed by atoms with Crippen molar-refractivity contribution in [1.29, 1.82) is 0 Å². The van der Waals surface area contributed by atoms with Gasteiger partial charge in [-0.25, -0.2) is 9.97 Å². The fourth-order valence-electron chi connectivity index (χ4n) is 4.31. The van der Waals surface area contributed by atoms with Gasteiger partial charge in [-0.3, -0.25) is 0 Å². The zero-order chi connectivity index (χ0) is 25.8. The van der Waals surface area contributed by atoms with Crippen molar-refractivity contribution in [2.75, 3.05) is 6.61 Å². The van der Waals surface area contributed by atoms with Crippen molar-refractivity contribution in [2.45, 2.75) is 84.4 Å². The van der Waals surface area contributed by atoms with E-state index in [9.17, 15) is 0 Å². The van der Waals surface area contributed by atoms with Crippen LogP contribution in [0.3, 0.4) is 0 Å². The molecule has 1 heterocycles. The van der Waals surface area contributed by atoms with Crippen molar-refractivity contribution in [2.24, 2.45) is 11.8 Å². The van der Waals surface area contributed by atoms with E-state index in [0.717, 1.165) is 47.0 Å². The number of nitrogens with zero attached hydrogens (tertiary/aromatic N) is 2. The van der Waals surface area contributed by atoms with Crippen molar-refractivity contribution < 1.29 is 4.74 Å². The van der Waals surface area contributed by atoms with Gasteiger partial charge in [-0.15, -0.1) is 11.6 Å². The summed E-state index contributed by atoms with van der Waals surface area (Å²) in [5, 5.41) is 0.0294. The number of aryl methyl sites for hydroxylation is 1. The summed E-state index contributed by atoms with van der Waals surface area (Å²) in [6, 6.07) is 16.7. The number of benzene rings is 2. The number of hydrogen-bond donors (Lipinski definition) is 0. The normalized spacial score (nSPS) is 13.1. The summed E-state index contributed by atoms with van der Waals surface area (Å²) in [5.41, 5.74) is 4.57. The summed E-state index contributed by atoms with van der Waals surface area (Å²) >= 11 is 6.60. The smallest absolute Gasteiger partial charge is 0.159 e. The molecule has 0 radical (unpaired) electrons. The highest BCUT2D eigenvalue weighted by Gasteiger charge is 2.15. The Morgan fingerprint density at radius 3 is 1.97 bits per heavy atom.